The molecule has 0 spiro atoms. The molecular formula is C36H39F4N3O3Si. The maximum atomic E-state index is 14.5. The second kappa shape index (κ2) is 12.8. The van der Waals surface area contributed by atoms with Gasteiger partial charge < -0.3 is 4.43 Å². The van der Waals surface area contributed by atoms with Gasteiger partial charge in [0.05, 0.1) is 29.5 Å². The minimum absolute atomic E-state index is 0.100. The molecule has 1 aromatic heterocycles. The SMILES string of the molecule is CCN1C(=O)[C@@H](CC(=O)c2cccc(C(F)(F)F)c2)[C@@H](c2ccc(F)cc2)c2c(CO[Si](C)(C)C(C)(C)C)nn(-c3ccccc3)c21. The van der Waals surface area contributed by atoms with Crippen molar-refractivity contribution < 1.29 is 31.6 Å². The van der Waals surface area contributed by atoms with Crippen LogP contribution in [0.1, 0.15) is 72.8 Å². The highest BCUT2D eigenvalue weighted by molar-refractivity contribution is 6.74. The average Bonchev–Trinajstić information content (AvgIpc) is 3.39. The number of aromatic nitrogens is 2. The minimum atomic E-state index is -4.63. The Balaban J connectivity index is 1.70. The summed E-state index contributed by atoms with van der Waals surface area (Å²) < 4.78 is 63.2. The monoisotopic (exact) mass is 665 g/mol. The molecule has 0 unspecified atom stereocenters. The summed E-state index contributed by atoms with van der Waals surface area (Å²) in [5.41, 5.74) is 1.46. The molecule has 1 aliphatic rings. The van der Waals surface area contributed by atoms with Crippen molar-refractivity contribution in [1.82, 2.24) is 9.78 Å². The molecule has 11 heteroatoms. The highest BCUT2D eigenvalue weighted by atomic mass is 28.4. The summed E-state index contributed by atoms with van der Waals surface area (Å²) in [5, 5.41) is 4.92. The maximum absolute atomic E-state index is 14.5. The zero-order valence-corrected chi connectivity index (χ0v) is 28.4. The molecule has 0 fully saturated rings. The van der Waals surface area contributed by atoms with E-state index >= 15 is 0 Å². The lowest BCUT2D eigenvalue weighted by Gasteiger charge is -2.39. The number of benzene rings is 3. The first-order chi connectivity index (χ1) is 22.0. The number of para-hydroxylation sites is 1. The van der Waals surface area contributed by atoms with Crippen LogP contribution in [0.15, 0.2) is 78.9 Å². The molecule has 0 bridgehead atoms. The van der Waals surface area contributed by atoms with E-state index in [1.54, 1.807) is 21.7 Å². The fraction of sp³-hybridized carbons (Fsp3) is 0.361. The first kappa shape index (κ1) is 34.2. The summed E-state index contributed by atoms with van der Waals surface area (Å²) in [5.74, 6) is -2.68. The molecule has 6 nitrogen and oxygen atoms in total. The summed E-state index contributed by atoms with van der Waals surface area (Å²) in [4.78, 5) is 29.8. The van der Waals surface area contributed by atoms with E-state index in [1.807, 2.05) is 37.3 Å². The van der Waals surface area contributed by atoms with Gasteiger partial charge in [-0.1, -0.05) is 63.2 Å². The van der Waals surface area contributed by atoms with Crippen molar-refractivity contribution in [1.29, 1.82) is 0 Å². The molecule has 0 N–H and O–H groups in total. The quantitative estimate of drug-likeness (QED) is 0.102. The average molecular weight is 666 g/mol. The van der Waals surface area contributed by atoms with Crippen LogP contribution in [0.4, 0.5) is 23.4 Å². The Kier molecular flexibility index (Phi) is 9.35. The van der Waals surface area contributed by atoms with Gasteiger partial charge in [0, 0.05) is 30.0 Å². The van der Waals surface area contributed by atoms with Crippen LogP contribution in [0.25, 0.3) is 5.69 Å². The summed E-state index contributed by atoms with van der Waals surface area (Å²) in [6.45, 7) is 12.9. The Morgan fingerprint density at radius 3 is 2.21 bits per heavy atom. The van der Waals surface area contributed by atoms with Crippen molar-refractivity contribution in [2.45, 2.75) is 70.9 Å². The van der Waals surface area contributed by atoms with Crippen LogP contribution in [0.3, 0.4) is 0 Å². The number of carbonyl (C=O) groups is 2. The zero-order chi connectivity index (χ0) is 34.3. The minimum Gasteiger partial charge on any atom is -0.411 e. The van der Waals surface area contributed by atoms with Gasteiger partial charge in [0.25, 0.3) is 0 Å². The smallest absolute Gasteiger partial charge is 0.411 e. The van der Waals surface area contributed by atoms with Crippen molar-refractivity contribution >= 4 is 25.8 Å². The lowest BCUT2D eigenvalue weighted by atomic mass is 9.74. The largest absolute Gasteiger partial charge is 0.416 e. The number of carbonyl (C=O) groups excluding carboxylic acids is 2. The van der Waals surface area contributed by atoms with Gasteiger partial charge in [-0.05, 0) is 67.0 Å². The molecule has 3 aromatic carbocycles. The lowest BCUT2D eigenvalue weighted by Crippen LogP contribution is -2.45. The van der Waals surface area contributed by atoms with Crippen LogP contribution in [-0.2, 0) is 22.0 Å². The van der Waals surface area contributed by atoms with E-state index in [4.69, 9.17) is 9.52 Å². The summed E-state index contributed by atoms with van der Waals surface area (Å²) in [7, 11) is -2.28. The number of anilines is 1. The Bertz CT molecular complexity index is 1760. The first-order valence-electron chi connectivity index (χ1n) is 15.6. The van der Waals surface area contributed by atoms with Gasteiger partial charge in [-0.3, -0.25) is 14.5 Å². The molecule has 47 heavy (non-hydrogen) atoms. The van der Waals surface area contributed by atoms with E-state index in [1.165, 1.54) is 24.3 Å². The van der Waals surface area contributed by atoms with Crippen LogP contribution in [0.2, 0.25) is 18.1 Å². The van der Waals surface area contributed by atoms with Crippen LogP contribution in [0, 0.1) is 11.7 Å². The van der Waals surface area contributed by atoms with E-state index in [0.717, 1.165) is 12.1 Å². The molecule has 2 heterocycles. The van der Waals surface area contributed by atoms with E-state index < -0.39 is 43.5 Å². The van der Waals surface area contributed by atoms with Gasteiger partial charge in [0.1, 0.15) is 11.6 Å². The third-order valence-corrected chi connectivity index (χ3v) is 13.8. The zero-order valence-electron chi connectivity index (χ0n) is 27.4. The molecule has 5 rings (SSSR count). The Labute approximate surface area is 273 Å². The number of amides is 1. The summed E-state index contributed by atoms with van der Waals surface area (Å²) in [6.07, 6.45) is -5.00. The van der Waals surface area contributed by atoms with Gasteiger partial charge in [-0.15, -0.1) is 0 Å². The van der Waals surface area contributed by atoms with Gasteiger partial charge in [0.2, 0.25) is 5.91 Å². The van der Waals surface area contributed by atoms with Crippen LogP contribution in [0.5, 0.6) is 0 Å². The number of alkyl halides is 3. The molecule has 1 aliphatic heterocycles. The van der Waals surface area contributed by atoms with Crippen molar-refractivity contribution in [2.24, 2.45) is 5.92 Å². The second-order valence-electron chi connectivity index (χ2n) is 13.4. The number of ketones is 1. The fourth-order valence-corrected chi connectivity index (χ4v) is 6.71. The van der Waals surface area contributed by atoms with E-state index in [-0.39, 0.29) is 36.1 Å². The van der Waals surface area contributed by atoms with Crippen LogP contribution < -0.4 is 4.90 Å². The summed E-state index contributed by atoms with van der Waals surface area (Å²) >= 11 is 0. The molecule has 0 saturated carbocycles. The predicted molar refractivity (Wildman–Crippen MR) is 176 cm³/mol. The number of nitrogens with zero attached hydrogens (tertiary/aromatic N) is 3. The van der Waals surface area contributed by atoms with Gasteiger partial charge in [-0.2, -0.15) is 18.3 Å². The number of hydrogen-bond donors (Lipinski definition) is 0. The normalized spacial score (nSPS) is 17.1. The summed E-state index contributed by atoms with van der Waals surface area (Å²) in [6, 6.07) is 19.3. The van der Waals surface area contributed by atoms with E-state index in [2.05, 4.69) is 33.9 Å². The Morgan fingerprint density at radius 2 is 1.62 bits per heavy atom. The third-order valence-electron chi connectivity index (χ3n) is 9.36. The first-order valence-corrected chi connectivity index (χ1v) is 18.5. The van der Waals surface area contributed by atoms with Crippen LogP contribution >= 0.6 is 0 Å². The predicted octanol–water partition coefficient (Wildman–Crippen LogP) is 8.94. The molecule has 0 aliphatic carbocycles. The topological polar surface area (TPSA) is 64.4 Å². The number of hydrogen-bond acceptors (Lipinski definition) is 4. The van der Waals surface area contributed by atoms with Crippen molar-refractivity contribution in [3.05, 3.63) is 113 Å². The van der Waals surface area contributed by atoms with Gasteiger partial charge >= 0.3 is 6.18 Å². The Hall–Kier alpha value is -4.09. The van der Waals surface area contributed by atoms with E-state index in [9.17, 15) is 27.2 Å². The molecule has 0 radical (unpaired) electrons. The van der Waals surface area contributed by atoms with Crippen molar-refractivity contribution in [3.63, 3.8) is 0 Å². The van der Waals surface area contributed by atoms with Crippen LogP contribution in [-0.4, -0.2) is 36.3 Å². The fourth-order valence-electron chi connectivity index (χ4n) is 5.78. The van der Waals surface area contributed by atoms with Crippen molar-refractivity contribution in [3.8, 4) is 5.69 Å². The lowest BCUT2D eigenvalue weighted by molar-refractivity contribution is -0.137. The highest BCUT2D eigenvalue weighted by Crippen LogP contribution is 2.48. The molecule has 2 atom stereocenters. The van der Waals surface area contributed by atoms with Gasteiger partial charge in [-0.25, -0.2) is 9.07 Å². The molecule has 248 valence electrons. The van der Waals surface area contributed by atoms with Gasteiger partial charge in [0.15, 0.2) is 14.1 Å². The Morgan fingerprint density at radius 1 is 0.957 bits per heavy atom. The second-order valence-corrected chi connectivity index (χ2v) is 18.2. The molecule has 0 saturated heterocycles. The third kappa shape index (κ3) is 6.82. The number of halogens is 4. The van der Waals surface area contributed by atoms with Crippen molar-refractivity contribution in [2.75, 3.05) is 11.4 Å². The number of rotatable bonds is 9. The number of Topliss-reactive ketones (excluding diaryl/α,β-unsaturated/α-hetero) is 1. The number of fused-ring (bicyclic) bond motifs is 1. The molecule has 4 aromatic rings. The molecule has 1 amide bonds. The highest BCUT2D eigenvalue weighted by Gasteiger charge is 2.47. The molecular weight excluding hydrogens is 626 g/mol. The standard InChI is InChI=1S/C36H39F4N3O3Si/c1-7-42-33-32(29(22-46-47(5,6)35(2,3)4)41-43(33)27-14-9-8-10-15-27)31(23-16-18-26(37)19-17-23)28(34(42)45)21-30(44)24-12-11-13-25(20-24)36(38,39)40/h8-20,28,31H,7,21-22H2,1-6H3/t28-,31+/m0/s1. The maximum Gasteiger partial charge on any atom is 0.416 e. The van der Waals surface area contributed by atoms with E-state index in [0.29, 0.717) is 28.3 Å².